The van der Waals surface area contributed by atoms with Gasteiger partial charge in [-0.15, -0.1) is 0 Å². The molecule has 4 aromatic rings. The summed E-state index contributed by atoms with van der Waals surface area (Å²) in [5, 5.41) is 14.7. The van der Waals surface area contributed by atoms with E-state index in [1.54, 1.807) is 6.92 Å². The average molecular weight is 539 g/mol. The molecule has 1 atom stereocenters. The van der Waals surface area contributed by atoms with Crippen LogP contribution in [0.25, 0.3) is 0 Å². The molecule has 0 amide bonds. The largest absolute Gasteiger partial charge is 0.461 e. The predicted octanol–water partition coefficient (Wildman–Crippen LogP) is 6.85. The number of halogens is 1. The van der Waals surface area contributed by atoms with Gasteiger partial charge in [0.25, 0.3) is 0 Å². The Kier molecular flexibility index (Phi) is 6.39. The van der Waals surface area contributed by atoms with Crippen molar-refractivity contribution < 1.29 is 9.53 Å². The number of carbonyl (C=O) groups is 1. The molecule has 0 N–H and O–H groups in total. The van der Waals surface area contributed by atoms with E-state index in [0.29, 0.717) is 5.02 Å². The first-order valence-corrected chi connectivity index (χ1v) is 13.4. The molecule has 0 aliphatic carbocycles. The number of hydrazone groups is 2. The normalized spacial score (nSPS) is 18.2. The molecule has 1 spiro atoms. The zero-order chi connectivity index (χ0) is 26.1. The number of thioether (sulfide) groups is 1. The molecule has 0 radical (unpaired) electrons. The molecule has 8 heteroatoms. The van der Waals surface area contributed by atoms with Crippen molar-refractivity contribution in [2.24, 2.45) is 10.2 Å². The number of fused-ring (bicyclic) bond motifs is 2. The Labute approximate surface area is 230 Å². The summed E-state index contributed by atoms with van der Waals surface area (Å²) in [6.45, 7) is 2.03. The minimum absolute atomic E-state index is 0.237. The maximum atomic E-state index is 13.1. The van der Waals surface area contributed by atoms with Crippen LogP contribution in [-0.4, -0.2) is 23.3 Å². The molecule has 188 valence electrons. The van der Waals surface area contributed by atoms with Crippen LogP contribution in [0, 0.1) is 0 Å². The van der Waals surface area contributed by atoms with Gasteiger partial charge < -0.3 is 4.74 Å². The predicted molar refractivity (Wildman–Crippen MR) is 155 cm³/mol. The van der Waals surface area contributed by atoms with Crippen LogP contribution in [0.4, 0.5) is 11.4 Å². The van der Waals surface area contributed by atoms with Crippen molar-refractivity contribution in [1.29, 1.82) is 0 Å². The monoisotopic (exact) mass is 538 g/mol. The van der Waals surface area contributed by atoms with Crippen LogP contribution in [0.15, 0.2) is 119 Å². The molecule has 0 saturated heterocycles. The lowest BCUT2D eigenvalue weighted by atomic mass is 9.93. The van der Waals surface area contributed by atoms with Gasteiger partial charge in [0.05, 0.1) is 23.7 Å². The summed E-state index contributed by atoms with van der Waals surface area (Å²) < 4.78 is 5.39. The number of para-hydroxylation sites is 1. The highest BCUT2D eigenvalue weighted by Gasteiger charge is 2.56. The van der Waals surface area contributed by atoms with Gasteiger partial charge >= 0.3 is 5.97 Å². The molecule has 2 heterocycles. The summed E-state index contributed by atoms with van der Waals surface area (Å²) in [7, 11) is 0. The van der Waals surface area contributed by atoms with Crippen molar-refractivity contribution in [2.75, 3.05) is 16.6 Å². The van der Waals surface area contributed by atoms with Gasteiger partial charge in [0, 0.05) is 21.7 Å². The number of benzene rings is 4. The number of anilines is 2. The lowest BCUT2D eigenvalue weighted by Gasteiger charge is -2.47. The third kappa shape index (κ3) is 4.04. The van der Waals surface area contributed by atoms with Crippen molar-refractivity contribution in [3.63, 3.8) is 0 Å². The third-order valence-electron chi connectivity index (χ3n) is 6.29. The molecule has 6 nitrogen and oxygen atoms in total. The molecule has 4 aromatic carbocycles. The van der Waals surface area contributed by atoms with Crippen LogP contribution in [0.2, 0.25) is 5.02 Å². The average Bonchev–Trinajstić information content (AvgIpc) is 3.36. The fraction of sp³-hybridized carbons (Fsp3) is 0.100. The Morgan fingerprint density at radius 3 is 2.24 bits per heavy atom. The quantitative estimate of drug-likeness (QED) is 0.260. The first kappa shape index (κ1) is 24.3. The molecule has 0 unspecified atom stereocenters. The number of esters is 1. The Hall–Kier alpha value is -4.07. The van der Waals surface area contributed by atoms with Crippen molar-refractivity contribution in [3.8, 4) is 0 Å². The Morgan fingerprint density at radius 1 is 0.842 bits per heavy atom. The van der Waals surface area contributed by atoms with Gasteiger partial charge in [0.1, 0.15) is 0 Å². The summed E-state index contributed by atoms with van der Waals surface area (Å²) in [6, 6.07) is 35.6. The first-order valence-electron chi connectivity index (χ1n) is 12.2. The molecule has 0 bridgehead atoms. The zero-order valence-electron chi connectivity index (χ0n) is 20.5. The van der Waals surface area contributed by atoms with E-state index >= 15 is 0 Å². The van der Waals surface area contributed by atoms with Gasteiger partial charge in [-0.2, -0.15) is 10.2 Å². The number of ether oxygens (including phenoxy) is 1. The Bertz CT molecular complexity index is 1560. The van der Waals surface area contributed by atoms with Crippen molar-refractivity contribution in [3.05, 3.63) is 131 Å². The van der Waals surface area contributed by atoms with Crippen LogP contribution in [0.3, 0.4) is 0 Å². The summed E-state index contributed by atoms with van der Waals surface area (Å²) in [5.41, 5.74) is 5.26. The second kappa shape index (κ2) is 10.0. The maximum absolute atomic E-state index is 13.1. The van der Waals surface area contributed by atoms with Crippen molar-refractivity contribution >= 4 is 51.5 Å². The molecule has 2 aliphatic rings. The van der Waals surface area contributed by atoms with E-state index in [-0.39, 0.29) is 11.7 Å². The fourth-order valence-corrected chi connectivity index (χ4v) is 6.17. The van der Waals surface area contributed by atoms with Crippen LogP contribution in [0.5, 0.6) is 0 Å². The summed E-state index contributed by atoms with van der Waals surface area (Å²) in [4.78, 5) is 12.0. The number of nitrogens with zero attached hydrogens (tertiary/aromatic N) is 4. The summed E-state index contributed by atoms with van der Waals surface area (Å²) in [5.74, 6) is -0.482. The highest BCUT2D eigenvalue weighted by molar-refractivity contribution is 8.16. The lowest BCUT2D eigenvalue weighted by Crippen LogP contribution is -2.54. The number of rotatable bonds is 5. The summed E-state index contributed by atoms with van der Waals surface area (Å²) in [6.07, 6.45) is 0. The molecule has 0 aromatic heterocycles. The highest BCUT2D eigenvalue weighted by Crippen LogP contribution is 2.55. The van der Waals surface area contributed by atoms with E-state index in [4.69, 9.17) is 26.5 Å². The van der Waals surface area contributed by atoms with Gasteiger partial charge in [-0.25, -0.2) is 14.8 Å². The van der Waals surface area contributed by atoms with Gasteiger partial charge in [0.2, 0.25) is 10.0 Å². The number of hydrogen-bond acceptors (Lipinski definition) is 7. The SMILES string of the molecule is CCOC(=O)C1=NN(c2cccc(Cl)c2)[C@]2(S1)c1ccccc1C(c1ccccc1)=NN2c1ccccc1. The van der Waals surface area contributed by atoms with Crippen LogP contribution in [0.1, 0.15) is 23.6 Å². The van der Waals surface area contributed by atoms with Crippen LogP contribution in [-0.2, 0) is 14.5 Å². The second-order valence-electron chi connectivity index (χ2n) is 8.64. The van der Waals surface area contributed by atoms with E-state index < -0.39 is 11.0 Å². The molecular weight excluding hydrogens is 516 g/mol. The molecule has 38 heavy (non-hydrogen) atoms. The van der Waals surface area contributed by atoms with Gasteiger partial charge in [-0.05, 0) is 49.0 Å². The van der Waals surface area contributed by atoms with Gasteiger partial charge in [0.15, 0.2) is 0 Å². The van der Waals surface area contributed by atoms with Crippen LogP contribution < -0.4 is 10.0 Å². The minimum Gasteiger partial charge on any atom is -0.461 e. The third-order valence-corrected chi connectivity index (χ3v) is 7.82. The topological polar surface area (TPSA) is 57.5 Å². The number of hydrogen-bond donors (Lipinski definition) is 0. The van der Waals surface area contributed by atoms with E-state index in [1.807, 2.05) is 107 Å². The standard InChI is InChI=1S/C30H23ClN4O2S/c1-2-37-29(36)28-33-35(24-17-11-14-22(31)20-24)30(38-28)26-19-10-9-18-25(26)27(21-12-5-3-6-13-21)32-34(30)23-15-7-4-8-16-23/h3-20H,2H2,1H3/t30-/m0/s1. The molecule has 2 aliphatic heterocycles. The van der Waals surface area contributed by atoms with E-state index in [1.165, 1.54) is 11.8 Å². The van der Waals surface area contributed by atoms with Crippen LogP contribution >= 0.6 is 23.4 Å². The van der Waals surface area contributed by atoms with E-state index in [2.05, 4.69) is 12.1 Å². The van der Waals surface area contributed by atoms with Gasteiger partial charge in [-0.3, -0.25) is 0 Å². The van der Waals surface area contributed by atoms with E-state index in [0.717, 1.165) is 33.8 Å². The minimum atomic E-state index is -1.07. The lowest BCUT2D eigenvalue weighted by molar-refractivity contribution is -0.134. The van der Waals surface area contributed by atoms with Crippen molar-refractivity contribution in [2.45, 2.75) is 11.9 Å². The first-order chi connectivity index (χ1) is 18.6. The van der Waals surface area contributed by atoms with Gasteiger partial charge in [-0.1, -0.05) is 90.5 Å². The number of carbonyl (C=O) groups excluding carboxylic acids is 1. The second-order valence-corrected chi connectivity index (χ2v) is 10.2. The molecular formula is C30H23ClN4O2S. The summed E-state index contributed by atoms with van der Waals surface area (Å²) >= 11 is 7.75. The molecule has 0 saturated carbocycles. The fourth-order valence-electron chi connectivity index (χ4n) is 4.70. The smallest absolute Gasteiger partial charge is 0.365 e. The molecule has 6 rings (SSSR count). The van der Waals surface area contributed by atoms with E-state index in [9.17, 15) is 4.79 Å². The zero-order valence-corrected chi connectivity index (χ0v) is 22.1. The maximum Gasteiger partial charge on any atom is 0.365 e. The Balaban J connectivity index is 1.65. The Morgan fingerprint density at radius 2 is 1.50 bits per heavy atom. The molecule has 0 fully saturated rings. The highest BCUT2D eigenvalue weighted by atomic mass is 35.5. The van der Waals surface area contributed by atoms with Crippen molar-refractivity contribution in [1.82, 2.24) is 0 Å².